The Hall–Kier alpha value is -2.44. The molecule has 3 rings (SSSR count). The average Bonchev–Trinajstić information content (AvgIpc) is 2.74. The van der Waals surface area contributed by atoms with E-state index in [9.17, 15) is 17.6 Å². The van der Waals surface area contributed by atoms with Gasteiger partial charge >= 0.3 is 6.18 Å². The van der Waals surface area contributed by atoms with Crippen LogP contribution in [0.4, 0.5) is 17.6 Å². The number of rotatable bonds is 1. The van der Waals surface area contributed by atoms with E-state index in [0.717, 1.165) is 6.20 Å². The molecule has 3 nitrogen and oxygen atoms in total. The molecule has 0 N–H and O–H groups in total. The molecular weight excluding hydrogens is 298 g/mol. The molecule has 3 aromatic rings. The SMILES string of the molecule is Cc1ncc(C(F)(F)F)c(-c2cn(C)c3ccc(F)cc23)n1. The Kier molecular flexibility index (Phi) is 3.16. The standard InChI is InChI=1S/C15H11F4N3/c1-8-20-6-12(15(17,18)19)14(21-8)11-7-22(2)13-4-3-9(16)5-10(11)13/h3-7H,1-2H3. The Bertz CT molecular complexity index is 865. The molecule has 0 fully saturated rings. The van der Waals surface area contributed by atoms with Crippen molar-refractivity contribution in [2.45, 2.75) is 13.1 Å². The van der Waals surface area contributed by atoms with Crippen LogP contribution < -0.4 is 0 Å². The molecule has 114 valence electrons. The van der Waals surface area contributed by atoms with Gasteiger partial charge in [0.25, 0.3) is 0 Å². The van der Waals surface area contributed by atoms with Crippen LogP contribution >= 0.6 is 0 Å². The minimum atomic E-state index is -4.58. The second-order valence-electron chi connectivity index (χ2n) is 4.99. The van der Waals surface area contributed by atoms with E-state index in [1.54, 1.807) is 11.6 Å². The molecule has 7 heteroatoms. The van der Waals surface area contributed by atoms with Crippen molar-refractivity contribution in [3.8, 4) is 11.3 Å². The number of aryl methyl sites for hydroxylation is 2. The lowest BCUT2D eigenvalue weighted by molar-refractivity contribution is -0.137. The molecule has 0 saturated carbocycles. The van der Waals surface area contributed by atoms with E-state index in [2.05, 4.69) is 9.97 Å². The molecule has 0 saturated heterocycles. The molecule has 0 amide bonds. The molecule has 1 aromatic carbocycles. The van der Waals surface area contributed by atoms with Crippen molar-refractivity contribution in [1.29, 1.82) is 0 Å². The van der Waals surface area contributed by atoms with Gasteiger partial charge in [0.15, 0.2) is 0 Å². The number of nitrogens with zero attached hydrogens (tertiary/aromatic N) is 3. The fourth-order valence-electron chi connectivity index (χ4n) is 2.44. The van der Waals surface area contributed by atoms with Gasteiger partial charge in [-0.1, -0.05) is 0 Å². The van der Waals surface area contributed by atoms with E-state index in [4.69, 9.17) is 0 Å². The number of hydrogen-bond donors (Lipinski definition) is 0. The maximum absolute atomic E-state index is 13.5. The summed E-state index contributed by atoms with van der Waals surface area (Å²) in [5.41, 5.74) is -0.318. The van der Waals surface area contributed by atoms with E-state index in [0.29, 0.717) is 10.9 Å². The molecule has 0 spiro atoms. The Morgan fingerprint density at radius 1 is 1.18 bits per heavy atom. The quantitative estimate of drug-likeness (QED) is 0.634. The molecule has 0 aliphatic heterocycles. The van der Waals surface area contributed by atoms with Crippen LogP contribution in [0.5, 0.6) is 0 Å². The smallest absolute Gasteiger partial charge is 0.350 e. The van der Waals surface area contributed by atoms with Gasteiger partial charge in [0.1, 0.15) is 17.2 Å². The highest BCUT2D eigenvalue weighted by Crippen LogP contribution is 2.38. The van der Waals surface area contributed by atoms with E-state index in [-0.39, 0.29) is 17.1 Å². The van der Waals surface area contributed by atoms with Crippen molar-refractivity contribution in [3.05, 3.63) is 47.8 Å². The normalized spacial score (nSPS) is 12.1. The number of benzene rings is 1. The van der Waals surface area contributed by atoms with Crippen LogP contribution in [0.15, 0.2) is 30.6 Å². The summed E-state index contributed by atoms with van der Waals surface area (Å²) >= 11 is 0. The first-order chi connectivity index (χ1) is 10.3. The highest BCUT2D eigenvalue weighted by molar-refractivity contribution is 5.95. The van der Waals surface area contributed by atoms with Gasteiger partial charge in [-0.15, -0.1) is 0 Å². The number of halogens is 4. The average molecular weight is 309 g/mol. The molecule has 0 aliphatic carbocycles. The van der Waals surface area contributed by atoms with E-state index < -0.39 is 17.6 Å². The first-order valence-corrected chi connectivity index (χ1v) is 6.43. The van der Waals surface area contributed by atoms with Gasteiger partial charge in [-0.25, -0.2) is 14.4 Å². The molecule has 0 aliphatic rings. The molecule has 2 heterocycles. The summed E-state index contributed by atoms with van der Waals surface area (Å²) in [7, 11) is 1.69. The Balaban J connectivity index is 2.37. The van der Waals surface area contributed by atoms with E-state index >= 15 is 0 Å². The Morgan fingerprint density at radius 2 is 1.91 bits per heavy atom. The summed E-state index contributed by atoms with van der Waals surface area (Å²) in [6, 6.07) is 4.00. The third kappa shape index (κ3) is 2.32. The van der Waals surface area contributed by atoms with Gasteiger partial charge in [0.2, 0.25) is 0 Å². The van der Waals surface area contributed by atoms with E-state index in [1.165, 1.54) is 31.3 Å². The number of aromatic nitrogens is 3. The van der Waals surface area contributed by atoms with Gasteiger partial charge < -0.3 is 4.57 Å². The lowest BCUT2D eigenvalue weighted by Crippen LogP contribution is -2.10. The third-order valence-electron chi connectivity index (χ3n) is 3.42. The van der Waals surface area contributed by atoms with Crippen LogP contribution in [0.1, 0.15) is 11.4 Å². The number of hydrogen-bond acceptors (Lipinski definition) is 2. The fraction of sp³-hybridized carbons (Fsp3) is 0.200. The van der Waals surface area contributed by atoms with Gasteiger partial charge in [-0.05, 0) is 25.1 Å². The monoisotopic (exact) mass is 309 g/mol. The van der Waals surface area contributed by atoms with Crippen molar-refractivity contribution in [2.75, 3.05) is 0 Å². The predicted octanol–water partition coefficient (Wildman–Crippen LogP) is 4.10. The van der Waals surface area contributed by atoms with Gasteiger partial charge in [-0.3, -0.25) is 0 Å². The summed E-state index contributed by atoms with van der Waals surface area (Å²) in [4.78, 5) is 7.56. The molecule has 0 unspecified atom stereocenters. The molecular formula is C15H11F4N3. The summed E-state index contributed by atoms with van der Waals surface area (Å²) in [5, 5.41) is 0.381. The lowest BCUT2D eigenvalue weighted by atomic mass is 10.1. The maximum Gasteiger partial charge on any atom is 0.419 e. The van der Waals surface area contributed by atoms with Crippen molar-refractivity contribution in [3.63, 3.8) is 0 Å². The molecule has 0 bridgehead atoms. The van der Waals surface area contributed by atoms with Crippen LogP contribution in [-0.2, 0) is 13.2 Å². The molecule has 22 heavy (non-hydrogen) atoms. The topological polar surface area (TPSA) is 30.7 Å². The van der Waals surface area contributed by atoms with Crippen molar-refractivity contribution in [1.82, 2.24) is 14.5 Å². The van der Waals surface area contributed by atoms with Crippen LogP contribution in [-0.4, -0.2) is 14.5 Å². The van der Waals surface area contributed by atoms with Gasteiger partial charge in [0.05, 0.1) is 5.69 Å². The third-order valence-corrected chi connectivity index (χ3v) is 3.42. The summed E-state index contributed by atoms with van der Waals surface area (Å²) < 4.78 is 54.7. The summed E-state index contributed by atoms with van der Waals surface area (Å²) in [5.74, 6) is -0.296. The second-order valence-corrected chi connectivity index (χ2v) is 4.99. The van der Waals surface area contributed by atoms with Crippen LogP contribution in [0, 0.1) is 12.7 Å². The van der Waals surface area contributed by atoms with Gasteiger partial charge in [0, 0.05) is 35.9 Å². The van der Waals surface area contributed by atoms with Crippen molar-refractivity contribution >= 4 is 10.9 Å². The molecule has 0 radical (unpaired) electrons. The number of alkyl halides is 3. The first kappa shape index (κ1) is 14.5. The van der Waals surface area contributed by atoms with Crippen molar-refractivity contribution < 1.29 is 17.6 Å². The predicted molar refractivity (Wildman–Crippen MR) is 73.6 cm³/mol. The van der Waals surface area contributed by atoms with E-state index in [1.807, 2.05) is 0 Å². The second kappa shape index (κ2) is 4.79. The van der Waals surface area contributed by atoms with Crippen LogP contribution in [0.3, 0.4) is 0 Å². The van der Waals surface area contributed by atoms with Gasteiger partial charge in [-0.2, -0.15) is 13.2 Å². The number of fused-ring (bicyclic) bond motifs is 1. The zero-order chi connectivity index (χ0) is 16.1. The lowest BCUT2D eigenvalue weighted by Gasteiger charge is -2.11. The minimum absolute atomic E-state index is 0.219. The fourth-order valence-corrected chi connectivity index (χ4v) is 2.44. The zero-order valence-corrected chi connectivity index (χ0v) is 11.7. The molecule has 2 aromatic heterocycles. The van der Waals surface area contributed by atoms with Crippen LogP contribution in [0.25, 0.3) is 22.2 Å². The Labute approximate surface area is 123 Å². The highest BCUT2D eigenvalue weighted by Gasteiger charge is 2.36. The van der Waals surface area contributed by atoms with Crippen LogP contribution in [0.2, 0.25) is 0 Å². The summed E-state index contributed by atoms with van der Waals surface area (Å²) in [6.45, 7) is 1.51. The minimum Gasteiger partial charge on any atom is -0.350 e. The molecule has 0 atom stereocenters. The van der Waals surface area contributed by atoms with Crippen molar-refractivity contribution in [2.24, 2.45) is 7.05 Å². The maximum atomic E-state index is 13.5. The largest absolute Gasteiger partial charge is 0.419 e. The Morgan fingerprint density at radius 3 is 2.59 bits per heavy atom. The first-order valence-electron chi connectivity index (χ1n) is 6.43. The highest BCUT2D eigenvalue weighted by atomic mass is 19.4. The zero-order valence-electron chi connectivity index (χ0n) is 11.7. The summed E-state index contributed by atoms with van der Waals surface area (Å²) in [6.07, 6.45) is -2.31.